The molecule has 1 aromatic heterocycles. The van der Waals surface area contributed by atoms with Crippen LogP contribution in [0.3, 0.4) is 0 Å². The largest absolute Gasteiger partial charge is 0.459 e. The van der Waals surface area contributed by atoms with Gasteiger partial charge in [-0.1, -0.05) is 54.0 Å². The minimum atomic E-state index is -1.83. The predicted molar refractivity (Wildman–Crippen MR) is 277 cm³/mol. The second-order valence-electron chi connectivity index (χ2n) is 22.2. The fraction of sp³-hybridized carbons (Fsp3) is 0.792. The van der Waals surface area contributed by atoms with Crippen molar-refractivity contribution in [3.8, 4) is 0 Å². The summed E-state index contributed by atoms with van der Waals surface area (Å²) in [4.78, 5) is 29.3. The number of halogens is 1. The van der Waals surface area contributed by atoms with Crippen LogP contribution in [-0.2, 0) is 50.9 Å². The first kappa shape index (κ1) is 59.0. The molecule has 3 fully saturated rings. The zero-order valence-corrected chi connectivity index (χ0v) is 47.2. The lowest BCUT2D eigenvalue weighted by Gasteiger charge is -2.49. The highest BCUT2D eigenvalue weighted by atomic mass is 79.9. The fourth-order valence-corrected chi connectivity index (χ4v) is 12.6. The third-order valence-electron chi connectivity index (χ3n) is 16.0. The Morgan fingerprint density at radius 1 is 0.986 bits per heavy atom. The summed E-state index contributed by atoms with van der Waals surface area (Å²) in [6.45, 7) is 18.8. The molecule has 1 aromatic carbocycles. The fourth-order valence-electron chi connectivity index (χ4n) is 11.4. The van der Waals surface area contributed by atoms with Crippen LogP contribution in [0.25, 0.3) is 0 Å². The number of esters is 1. The number of carbonyl (C=O) groups excluding carboxylic acids is 1. The number of nitrogens with zero attached hydrogens (tertiary/aromatic N) is 4. The Bertz CT molecular complexity index is 2080. The second-order valence-corrected chi connectivity index (χ2v) is 24.1. The van der Waals surface area contributed by atoms with E-state index in [0.29, 0.717) is 25.9 Å². The molecule has 0 bridgehead atoms. The molecule has 0 radical (unpaired) electrons. The Kier molecular flexibility index (Phi) is 20.4. The number of cyclic esters (lactones) is 1. The molecule has 3 saturated heterocycles. The maximum atomic E-state index is 14.5. The quantitative estimate of drug-likeness (QED) is 0.140. The van der Waals surface area contributed by atoms with Crippen LogP contribution in [0.4, 0.5) is 0 Å². The van der Waals surface area contributed by atoms with Gasteiger partial charge in [-0.25, -0.2) is 4.98 Å². The second kappa shape index (κ2) is 24.8. The summed E-state index contributed by atoms with van der Waals surface area (Å²) in [5.41, 5.74) is -1.50. The molecule has 408 valence electrons. The molecule has 19 heteroatoms. The van der Waals surface area contributed by atoms with Crippen molar-refractivity contribution in [3.05, 3.63) is 50.4 Å². The molecule has 0 amide bonds. The van der Waals surface area contributed by atoms with Crippen molar-refractivity contribution in [2.24, 2.45) is 22.9 Å². The number of hydrogen-bond acceptors (Lipinski definition) is 18. The molecule has 4 aliphatic heterocycles. The lowest BCUT2D eigenvalue weighted by molar-refractivity contribution is -0.318. The maximum absolute atomic E-state index is 14.5. The number of aliphatic hydroxyl groups excluding tert-OH is 3. The number of methoxy groups -OCH3 is 1. The summed E-state index contributed by atoms with van der Waals surface area (Å²) in [7, 11) is 5.35. The van der Waals surface area contributed by atoms with Crippen molar-refractivity contribution in [2.45, 2.75) is 217 Å². The Balaban J connectivity index is 1.20. The SMILES string of the molecule is CC[C@H]1OC(=O)[C@H](C)[C@@H](O[C@H]2C[C@@](C)(OC)[C@@H](O)[C@H](C)O2)[C@H](C)[C@@H](O[C@@H]2O[C@H](C)C[C@H](N(C)CCCc3csc(C[C@H]4CC(c5ccc(Br)cc5)=NO4)n3)[C@H]2O)[C@](C)(O)C[C@@H](C)CN(C)[C@H](C)[C@@H](O)[C@]1(C)O. The van der Waals surface area contributed by atoms with Crippen molar-refractivity contribution >= 4 is 38.9 Å². The number of likely N-dealkylation sites (N-methyl/N-ethyl adjacent to an activating group) is 2. The number of ether oxygens (including phenoxy) is 6. The van der Waals surface area contributed by atoms with Gasteiger partial charge in [-0.3, -0.25) is 4.79 Å². The molecule has 6 rings (SSSR count). The van der Waals surface area contributed by atoms with E-state index in [1.165, 1.54) is 14.0 Å². The lowest BCUT2D eigenvalue weighted by atomic mass is 9.77. The van der Waals surface area contributed by atoms with Gasteiger partial charge in [-0.15, -0.1) is 11.3 Å². The molecule has 0 aliphatic carbocycles. The average Bonchev–Trinajstić information content (AvgIpc) is 3.99. The average molecular weight is 1100 g/mol. The normalized spacial score (nSPS) is 41.1. The standard InChI is InChI=1S/C53H85BrN4O13S/c1-14-41-53(10,64)46(60)33(6)58(12)27-29(2)25-51(8,63)48(31(4)45(32(5)49(62)68-41)69-43-26-52(9,65-13)47(61)34(7)67-43)70-50-44(59)40(22-30(3)66-50)57(11)21-15-16-37-28-72-42(55-37)24-38-23-39(56-71-38)35-17-19-36(54)20-18-35/h17-20,28-34,38,40-41,43-48,50,59-61,63-64H,14-16,21-27H2,1-13H3/t29-,30-,31+,32-,33-,34+,38-,40+,41-,43+,44-,45+,46-,47+,48-,50+,51-,52-,53-/m1/s1. The Morgan fingerprint density at radius 2 is 1.68 bits per heavy atom. The van der Waals surface area contributed by atoms with Crippen LogP contribution in [0.15, 0.2) is 39.3 Å². The highest BCUT2D eigenvalue weighted by Crippen LogP contribution is 2.40. The number of hydrogen-bond donors (Lipinski definition) is 5. The van der Waals surface area contributed by atoms with Gasteiger partial charge >= 0.3 is 5.97 Å². The van der Waals surface area contributed by atoms with Crippen molar-refractivity contribution < 1.29 is 63.6 Å². The summed E-state index contributed by atoms with van der Waals surface area (Å²) in [5.74, 6) is -2.72. The molecule has 17 nitrogen and oxygen atoms in total. The van der Waals surface area contributed by atoms with E-state index in [4.69, 9.17) is 38.2 Å². The number of benzene rings is 1. The van der Waals surface area contributed by atoms with Crippen molar-refractivity contribution in [3.63, 3.8) is 0 Å². The van der Waals surface area contributed by atoms with E-state index in [2.05, 4.69) is 31.4 Å². The van der Waals surface area contributed by atoms with Gasteiger partial charge in [-0.2, -0.15) is 0 Å². The van der Waals surface area contributed by atoms with E-state index >= 15 is 0 Å². The summed E-state index contributed by atoms with van der Waals surface area (Å²) < 4.78 is 39.4. The van der Waals surface area contributed by atoms with Crippen LogP contribution < -0.4 is 0 Å². The van der Waals surface area contributed by atoms with E-state index in [1.54, 1.807) is 46.0 Å². The molecular formula is C53H85BrN4O13S. The number of aliphatic hydroxyl groups is 5. The highest BCUT2D eigenvalue weighted by Gasteiger charge is 2.53. The Labute approximate surface area is 440 Å². The molecule has 72 heavy (non-hydrogen) atoms. The van der Waals surface area contributed by atoms with Gasteiger partial charge in [-0.05, 0) is 125 Å². The molecule has 4 aliphatic rings. The first-order valence-corrected chi connectivity index (χ1v) is 27.6. The third kappa shape index (κ3) is 14.0. The number of oxime groups is 1. The van der Waals surface area contributed by atoms with Crippen LogP contribution in [0.1, 0.15) is 124 Å². The topological polar surface area (TPSA) is 215 Å². The molecule has 0 unspecified atom stereocenters. The maximum Gasteiger partial charge on any atom is 0.311 e. The zero-order chi connectivity index (χ0) is 53.0. The molecular weight excluding hydrogens is 1010 g/mol. The van der Waals surface area contributed by atoms with Crippen molar-refractivity contribution in [1.29, 1.82) is 0 Å². The monoisotopic (exact) mass is 1100 g/mol. The van der Waals surface area contributed by atoms with Gasteiger partial charge in [0.05, 0.1) is 57.9 Å². The third-order valence-corrected chi connectivity index (χ3v) is 17.4. The first-order valence-electron chi connectivity index (χ1n) is 26.0. The minimum absolute atomic E-state index is 0.0664. The van der Waals surface area contributed by atoms with Crippen LogP contribution >= 0.6 is 27.3 Å². The predicted octanol–water partition coefficient (Wildman–Crippen LogP) is 5.86. The smallest absolute Gasteiger partial charge is 0.311 e. The van der Waals surface area contributed by atoms with E-state index < -0.39 is 96.0 Å². The number of rotatable bonds is 14. The lowest BCUT2D eigenvalue weighted by Crippen LogP contribution is -2.60. The van der Waals surface area contributed by atoms with Gasteiger partial charge in [0.25, 0.3) is 0 Å². The zero-order valence-electron chi connectivity index (χ0n) is 44.8. The van der Waals surface area contributed by atoms with Crippen LogP contribution in [0.2, 0.25) is 0 Å². The summed E-state index contributed by atoms with van der Waals surface area (Å²) in [6, 6.07) is 7.15. The van der Waals surface area contributed by atoms with E-state index in [9.17, 15) is 30.3 Å². The molecule has 2 aromatic rings. The molecule has 0 saturated carbocycles. The van der Waals surface area contributed by atoms with Crippen LogP contribution in [0.5, 0.6) is 0 Å². The van der Waals surface area contributed by atoms with Crippen molar-refractivity contribution in [1.82, 2.24) is 14.8 Å². The van der Waals surface area contributed by atoms with Gasteiger partial charge in [0, 0.05) is 60.8 Å². The van der Waals surface area contributed by atoms with Gasteiger partial charge < -0.3 is 68.6 Å². The van der Waals surface area contributed by atoms with Crippen LogP contribution in [-0.4, -0.2) is 183 Å². The first-order chi connectivity index (χ1) is 33.8. The van der Waals surface area contributed by atoms with Crippen LogP contribution in [0, 0.1) is 17.8 Å². The van der Waals surface area contributed by atoms with Gasteiger partial charge in [0.1, 0.15) is 36.1 Å². The summed E-state index contributed by atoms with van der Waals surface area (Å²) >= 11 is 5.12. The summed E-state index contributed by atoms with van der Waals surface area (Å²) in [5, 5.41) is 67.2. The number of aromatic nitrogens is 1. The van der Waals surface area contributed by atoms with E-state index in [-0.39, 0.29) is 43.4 Å². The number of thiazole rings is 1. The molecule has 5 heterocycles. The molecule has 5 N–H and O–H groups in total. The molecule has 0 spiro atoms. The summed E-state index contributed by atoms with van der Waals surface area (Å²) in [6.07, 6.45) is -5.90. The minimum Gasteiger partial charge on any atom is -0.459 e. The number of aryl methyl sites for hydroxylation is 1. The number of carbonyl (C=O) groups is 1. The Hall–Kier alpha value is -2.21. The molecule has 19 atom stereocenters. The highest BCUT2D eigenvalue weighted by molar-refractivity contribution is 9.10. The van der Waals surface area contributed by atoms with Crippen molar-refractivity contribution in [2.75, 3.05) is 34.3 Å². The van der Waals surface area contributed by atoms with E-state index in [1.807, 2.05) is 71.0 Å². The van der Waals surface area contributed by atoms with E-state index in [0.717, 1.165) is 45.7 Å². The van der Waals surface area contributed by atoms with Gasteiger partial charge in [0.2, 0.25) is 0 Å². The van der Waals surface area contributed by atoms with Gasteiger partial charge in [0.15, 0.2) is 12.6 Å². The Morgan fingerprint density at radius 3 is 2.35 bits per heavy atom.